The Morgan fingerprint density at radius 2 is 1.90 bits per heavy atom. The Balaban J connectivity index is 1.66. The third kappa shape index (κ3) is 1.91. The lowest BCUT2D eigenvalue weighted by atomic mass is 9.69. The maximum atomic E-state index is 12.2. The summed E-state index contributed by atoms with van der Waals surface area (Å²) in [5.74, 6) is 0.745. The zero-order chi connectivity index (χ0) is 14.4. The van der Waals surface area contributed by atoms with Gasteiger partial charge in [0.15, 0.2) is 0 Å². The lowest BCUT2D eigenvalue weighted by molar-refractivity contribution is 0.125. The molecule has 1 aromatic rings. The molecule has 3 atom stereocenters. The van der Waals surface area contributed by atoms with E-state index in [1.807, 2.05) is 30.3 Å². The highest BCUT2D eigenvalue weighted by Crippen LogP contribution is 2.65. The van der Waals surface area contributed by atoms with Gasteiger partial charge >= 0.3 is 6.03 Å². The summed E-state index contributed by atoms with van der Waals surface area (Å²) in [5.41, 5.74) is 1.40. The minimum atomic E-state index is -0.0780. The van der Waals surface area contributed by atoms with E-state index in [-0.39, 0.29) is 11.4 Å². The summed E-state index contributed by atoms with van der Waals surface area (Å²) in [4.78, 5) is 12.2. The Kier molecular flexibility index (Phi) is 3.03. The van der Waals surface area contributed by atoms with Crippen LogP contribution in [0, 0.1) is 16.7 Å². The molecule has 2 saturated carbocycles. The van der Waals surface area contributed by atoms with E-state index in [0.29, 0.717) is 11.5 Å². The maximum Gasteiger partial charge on any atom is 0.319 e. The Morgan fingerprint density at radius 3 is 2.45 bits per heavy atom. The molecular formula is C17H24N2O. The first-order chi connectivity index (χ1) is 9.43. The maximum absolute atomic E-state index is 12.2. The van der Waals surface area contributed by atoms with Crippen LogP contribution in [0.25, 0.3) is 0 Å². The van der Waals surface area contributed by atoms with E-state index >= 15 is 0 Å². The average Bonchev–Trinajstić information content (AvgIpc) is 2.73. The first kappa shape index (κ1) is 13.5. The van der Waals surface area contributed by atoms with Crippen molar-refractivity contribution >= 4 is 11.7 Å². The summed E-state index contributed by atoms with van der Waals surface area (Å²) in [6.07, 6.45) is 3.65. The summed E-state index contributed by atoms with van der Waals surface area (Å²) in [6.45, 7) is 7.07. The number of anilines is 1. The molecule has 2 aliphatic rings. The third-order valence-corrected chi connectivity index (χ3v) is 6.13. The predicted octanol–water partition coefficient (Wildman–Crippen LogP) is 4.02. The third-order valence-electron chi connectivity index (χ3n) is 6.13. The van der Waals surface area contributed by atoms with Crippen LogP contribution in [-0.4, -0.2) is 12.1 Å². The van der Waals surface area contributed by atoms with Crippen molar-refractivity contribution in [1.82, 2.24) is 5.32 Å². The van der Waals surface area contributed by atoms with Crippen molar-refractivity contribution < 1.29 is 4.79 Å². The van der Waals surface area contributed by atoms with Gasteiger partial charge < -0.3 is 10.6 Å². The van der Waals surface area contributed by atoms with Crippen molar-refractivity contribution in [2.24, 2.45) is 16.7 Å². The molecule has 0 saturated heterocycles. The van der Waals surface area contributed by atoms with Gasteiger partial charge in [-0.25, -0.2) is 4.79 Å². The van der Waals surface area contributed by atoms with E-state index < -0.39 is 0 Å². The second-order valence-corrected chi connectivity index (χ2v) is 7.13. The Bertz CT molecular complexity index is 511. The van der Waals surface area contributed by atoms with Gasteiger partial charge in [-0.05, 0) is 48.1 Å². The molecule has 3 heteroatoms. The first-order valence-electron chi connectivity index (χ1n) is 7.56. The zero-order valence-corrected chi connectivity index (χ0v) is 12.6. The fourth-order valence-electron chi connectivity index (χ4n) is 4.27. The van der Waals surface area contributed by atoms with E-state index in [0.717, 1.165) is 18.0 Å². The summed E-state index contributed by atoms with van der Waals surface area (Å²) in [7, 11) is 0. The van der Waals surface area contributed by atoms with Gasteiger partial charge in [-0.2, -0.15) is 0 Å². The van der Waals surface area contributed by atoms with Crippen molar-refractivity contribution in [3.05, 3.63) is 30.3 Å². The molecule has 108 valence electrons. The SMILES string of the molecule is CC1(C)[C@H]2CC[C@@]1(C)[C@@H](NC(=O)Nc1ccccc1)C2. The predicted molar refractivity (Wildman–Crippen MR) is 81.6 cm³/mol. The molecule has 0 aliphatic heterocycles. The molecular weight excluding hydrogens is 248 g/mol. The largest absolute Gasteiger partial charge is 0.335 e. The molecule has 0 unspecified atom stereocenters. The van der Waals surface area contributed by atoms with Gasteiger partial charge in [0.1, 0.15) is 0 Å². The van der Waals surface area contributed by atoms with Crippen LogP contribution < -0.4 is 10.6 Å². The number of nitrogens with one attached hydrogen (secondary N) is 2. The van der Waals surface area contributed by atoms with Crippen LogP contribution in [0.4, 0.5) is 10.5 Å². The second kappa shape index (κ2) is 4.51. The molecule has 2 N–H and O–H groups in total. The Morgan fingerprint density at radius 1 is 1.20 bits per heavy atom. The van der Waals surface area contributed by atoms with Crippen LogP contribution in [0.5, 0.6) is 0 Å². The number of amides is 2. The number of hydrogen-bond acceptors (Lipinski definition) is 1. The van der Waals surface area contributed by atoms with Crippen molar-refractivity contribution in [3.8, 4) is 0 Å². The summed E-state index contributed by atoms with van der Waals surface area (Å²) in [6, 6.07) is 9.83. The summed E-state index contributed by atoms with van der Waals surface area (Å²) < 4.78 is 0. The van der Waals surface area contributed by atoms with Gasteiger partial charge in [-0.1, -0.05) is 39.0 Å². The molecule has 3 nitrogen and oxygen atoms in total. The number of hydrogen-bond donors (Lipinski definition) is 2. The van der Waals surface area contributed by atoms with E-state index in [9.17, 15) is 4.79 Å². The van der Waals surface area contributed by atoms with Crippen LogP contribution in [0.3, 0.4) is 0 Å². The van der Waals surface area contributed by atoms with Crippen LogP contribution in [-0.2, 0) is 0 Å². The van der Waals surface area contributed by atoms with E-state index in [1.54, 1.807) is 0 Å². The lowest BCUT2D eigenvalue weighted by Crippen LogP contribution is -2.48. The number of urea groups is 1. The highest BCUT2D eigenvalue weighted by molar-refractivity contribution is 5.89. The van der Waals surface area contributed by atoms with Gasteiger partial charge in [0.05, 0.1) is 0 Å². The van der Waals surface area contributed by atoms with Crippen LogP contribution >= 0.6 is 0 Å². The quantitative estimate of drug-likeness (QED) is 0.838. The first-order valence-corrected chi connectivity index (χ1v) is 7.56. The van der Waals surface area contributed by atoms with Gasteiger partial charge in [-0.3, -0.25) is 0 Å². The normalized spacial score (nSPS) is 34.0. The fourth-order valence-corrected chi connectivity index (χ4v) is 4.27. The van der Waals surface area contributed by atoms with E-state index in [2.05, 4.69) is 31.4 Å². The topological polar surface area (TPSA) is 41.1 Å². The highest BCUT2D eigenvalue weighted by atomic mass is 16.2. The highest BCUT2D eigenvalue weighted by Gasteiger charge is 2.61. The standard InChI is InChI=1S/C17H24N2O/c1-16(2)12-9-10-17(16,3)14(11-12)19-15(20)18-13-7-5-4-6-8-13/h4-8,12,14H,9-11H2,1-3H3,(H2,18,19,20)/t12-,14-,17-/m0/s1. The van der Waals surface area contributed by atoms with Crippen LogP contribution in [0.2, 0.25) is 0 Å². The smallest absolute Gasteiger partial charge is 0.319 e. The zero-order valence-electron chi connectivity index (χ0n) is 12.6. The molecule has 2 aliphatic carbocycles. The molecule has 1 aromatic carbocycles. The Hall–Kier alpha value is -1.51. The summed E-state index contributed by atoms with van der Waals surface area (Å²) in [5, 5.41) is 6.13. The van der Waals surface area contributed by atoms with E-state index in [4.69, 9.17) is 0 Å². The number of fused-ring (bicyclic) bond motifs is 2. The van der Waals surface area contributed by atoms with Crippen molar-refractivity contribution in [2.75, 3.05) is 5.32 Å². The van der Waals surface area contributed by atoms with Crippen LogP contribution in [0.1, 0.15) is 40.0 Å². The molecule has 2 fully saturated rings. The second-order valence-electron chi connectivity index (χ2n) is 7.13. The minimum absolute atomic E-state index is 0.0780. The van der Waals surface area contributed by atoms with Gasteiger partial charge in [-0.15, -0.1) is 0 Å². The molecule has 0 spiro atoms. The molecule has 0 heterocycles. The number of para-hydroxylation sites is 1. The molecule has 3 rings (SSSR count). The van der Waals surface area contributed by atoms with Gasteiger partial charge in [0.2, 0.25) is 0 Å². The Labute approximate surface area is 121 Å². The number of carbonyl (C=O) groups is 1. The molecule has 0 aromatic heterocycles. The number of benzene rings is 1. The van der Waals surface area contributed by atoms with Crippen molar-refractivity contribution in [3.63, 3.8) is 0 Å². The molecule has 2 bridgehead atoms. The van der Waals surface area contributed by atoms with Gasteiger partial charge in [0, 0.05) is 11.7 Å². The van der Waals surface area contributed by atoms with Gasteiger partial charge in [0.25, 0.3) is 0 Å². The number of carbonyl (C=O) groups excluding carboxylic acids is 1. The minimum Gasteiger partial charge on any atom is -0.335 e. The average molecular weight is 272 g/mol. The van der Waals surface area contributed by atoms with Crippen molar-refractivity contribution in [2.45, 2.75) is 46.1 Å². The lowest BCUT2D eigenvalue weighted by Gasteiger charge is -2.39. The molecule has 2 amide bonds. The molecule has 0 radical (unpaired) electrons. The fraction of sp³-hybridized carbons (Fsp3) is 0.588. The number of rotatable bonds is 2. The monoisotopic (exact) mass is 272 g/mol. The summed E-state index contributed by atoms with van der Waals surface area (Å²) >= 11 is 0. The van der Waals surface area contributed by atoms with Crippen molar-refractivity contribution in [1.29, 1.82) is 0 Å². The van der Waals surface area contributed by atoms with Crippen LogP contribution in [0.15, 0.2) is 30.3 Å². The van der Waals surface area contributed by atoms with E-state index in [1.165, 1.54) is 12.8 Å². The molecule has 20 heavy (non-hydrogen) atoms.